The Morgan fingerprint density at radius 2 is 2.28 bits per heavy atom. The van der Waals surface area contributed by atoms with Crippen molar-refractivity contribution >= 4 is 5.69 Å². The molecule has 1 unspecified atom stereocenters. The number of hydrogen-bond donors (Lipinski definition) is 2. The third-order valence-electron chi connectivity index (χ3n) is 2.81. The number of nitrogens with zero attached hydrogens (tertiary/aromatic N) is 2. The third-order valence-corrected chi connectivity index (χ3v) is 2.81. The quantitative estimate of drug-likeness (QED) is 0.625. The SMILES string of the molecule is CC(NCc1ccccc1[N+](=O)[O-])c1cn[nH]c1. The normalized spacial score (nSPS) is 12.3. The van der Waals surface area contributed by atoms with E-state index in [1.165, 1.54) is 6.07 Å². The molecule has 0 radical (unpaired) electrons. The molecule has 6 nitrogen and oxygen atoms in total. The first-order valence-electron chi connectivity index (χ1n) is 5.63. The third kappa shape index (κ3) is 2.72. The summed E-state index contributed by atoms with van der Waals surface area (Å²) in [4.78, 5) is 10.5. The molecule has 0 aliphatic heterocycles. The topological polar surface area (TPSA) is 83.8 Å². The van der Waals surface area contributed by atoms with Gasteiger partial charge in [-0.25, -0.2) is 0 Å². The van der Waals surface area contributed by atoms with Crippen LogP contribution < -0.4 is 5.32 Å². The van der Waals surface area contributed by atoms with Crippen LogP contribution in [-0.2, 0) is 6.54 Å². The highest BCUT2D eigenvalue weighted by molar-refractivity contribution is 5.39. The highest BCUT2D eigenvalue weighted by Gasteiger charge is 2.13. The molecular weight excluding hydrogens is 232 g/mol. The number of aromatic amines is 1. The Hall–Kier alpha value is -2.21. The number of rotatable bonds is 5. The van der Waals surface area contributed by atoms with Gasteiger partial charge in [-0.1, -0.05) is 18.2 Å². The minimum Gasteiger partial charge on any atom is -0.306 e. The van der Waals surface area contributed by atoms with Gasteiger partial charge in [0.05, 0.1) is 11.1 Å². The molecule has 6 heteroatoms. The van der Waals surface area contributed by atoms with Crippen molar-refractivity contribution in [2.24, 2.45) is 0 Å². The Labute approximate surface area is 104 Å². The summed E-state index contributed by atoms with van der Waals surface area (Å²) in [6.07, 6.45) is 3.54. The smallest absolute Gasteiger partial charge is 0.273 e. The van der Waals surface area contributed by atoms with Gasteiger partial charge in [0.1, 0.15) is 0 Å². The zero-order chi connectivity index (χ0) is 13.0. The fraction of sp³-hybridized carbons (Fsp3) is 0.250. The van der Waals surface area contributed by atoms with Crippen molar-refractivity contribution in [3.05, 3.63) is 57.9 Å². The van der Waals surface area contributed by atoms with Gasteiger partial charge >= 0.3 is 0 Å². The summed E-state index contributed by atoms with van der Waals surface area (Å²) in [6.45, 7) is 2.43. The molecule has 1 heterocycles. The van der Waals surface area contributed by atoms with E-state index >= 15 is 0 Å². The van der Waals surface area contributed by atoms with Crippen molar-refractivity contribution in [1.29, 1.82) is 0 Å². The van der Waals surface area contributed by atoms with E-state index in [1.54, 1.807) is 30.6 Å². The van der Waals surface area contributed by atoms with Gasteiger partial charge in [-0.15, -0.1) is 0 Å². The largest absolute Gasteiger partial charge is 0.306 e. The van der Waals surface area contributed by atoms with Crippen LogP contribution in [0, 0.1) is 10.1 Å². The van der Waals surface area contributed by atoms with Crippen molar-refractivity contribution in [2.75, 3.05) is 0 Å². The Balaban J connectivity index is 2.04. The van der Waals surface area contributed by atoms with E-state index in [1.807, 2.05) is 6.92 Å². The molecule has 2 aromatic rings. The number of nitrogens with one attached hydrogen (secondary N) is 2. The van der Waals surface area contributed by atoms with Crippen molar-refractivity contribution in [3.8, 4) is 0 Å². The first-order valence-corrected chi connectivity index (χ1v) is 5.63. The highest BCUT2D eigenvalue weighted by atomic mass is 16.6. The number of nitro groups is 1. The first kappa shape index (κ1) is 12.3. The molecule has 1 aromatic carbocycles. The Morgan fingerprint density at radius 1 is 1.50 bits per heavy atom. The van der Waals surface area contributed by atoms with E-state index in [9.17, 15) is 10.1 Å². The lowest BCUT2D eigenvalue weighted by molar-refractivity contribution is -0.385. The van der Waals surface area contributed by atoms with Crippen LogP contribution in [0.25, 0.3) is 0 Å². The zero-order valence-electron chi connectivity index (χ0n) is 9.96. The van der Waals surface area contributed by atoms with Crippen LogP contribution in [0.15, 0.2) is 36.7 Å². The number of hydrogen-bond acceptors (Lipinski definition) is 4. The molecule has 2 rings (SSSR count). The average Bonchev–Trinajstić information content (AvgIpc) is 2.90. The van der Waals surface area contributed by atoms with Gasteiger partial charge in [-0.3, -0.25) is 15.2 Å². The van der Waals surface area contributed by atoms with E-state index in [0.717, 1.165) is 5.56 Å². The molecular formula is C12H14N4O2. The van der Waals surface area contributed by atoms with Crippen molar-refractivity contribution in [2.45, 2.75) is 19.5 Å². The van der Waals surface area contributed by atoms with Gasteiger partial charge < -0.3 is 5.32 Å². The van der Waals surface area contributed by atoms with E-state index in [4.69, 9.17) is 0 Å². The first-order chi connectivity index (χ1) is 8.68. The fourth-order valence-corrected chi connectivity index (χ4v) is 1.72. The number of aromatic nitrogens is 2. The molecule has 0 aliphatic rings. The molecule has 1 atom stereocenters. The van der Waals surface area contributed by atoms with Crippen LogP contribution >= 0.6 is 0 Å². The highest BCUT2D eigenvalue weighted by Crippen LogP contribution is 2.18. The molecule has 0 bridgehead atoms. The van der Waals surface area contributed by atoms with Crippen LogP contribution in [0.5, 0.6) is 0 Å². The second kappa shape index (κ2) is 5.42. The van der Waals surface area contributed by atoms with Crippen LogP contribution in [0.1, 0.15) is 24.1 Å². The number of para-hydroxylation sites is 1. The van der Waals surface area contributed by atoms with E-state index in [-0.39, 0.29) is 16.7 Å². The molecule has 94 valence electrons. The minimum atomic E-state index is -0.362. The molecule has 0 spiro atoms. The van der Waals surface area contributed by atoms with Crippen molar-refractivity contribution < 1.29 is 4.92 Å². The minimum absolute atomic E-state index is 0.0866. The predicted molar refractivity (Wildman–Crippen MR) is 66.9 cm³/mol. The van der Waals surface area contributed by atoms with Crippen molar-refractivity contribution in [3.63, 3.8) is 0 Å². The Morgan fingerprint density at radius 3 is 2.94 bits per heavy atom. The monoisotopic (exact) mass is 246 g/mol. The summed E-state index contributed by atoms with van der Waals surface area (Å²) in [6, 6.07) is 6.82. The second-order valence-electron chi connectivity index (χ2n) is 4.02. The van der Waals surface area contributed by atoms with Gasteiger partial charge in [0.15, 0.2) is 0 Å². The fourth-order valence-electron chi connectivity index (χ4n) is 1.72. The van der Waals surface area contributed by atoms with Gasteiger partial charge in [-0.05, 0) is 6.92 Å². The number of H-pyrrole nitrogens is 1. The maximum Gasteiger partial charge on any atom is 0.273 e. The van der Waals surface area contributed by atoms with Crippen LogP contribution in [-0.4, -0.2) is 15.1 Å². The predicted octanol–water partition coefficient (Wildman–Crippen LogP) is 2.17. The summed E-state index contributed by atoms with van der Waals surface area (Å²) in [5.41, 5.74) is 1.84. The molecule has 1 aromatic heterocycles. The van der Waals surface area contributed by atoms with Crippen molar-refractivity contribution in [1.82, 2.24) is 15.5 Å². The molecule has 0 fully saturated rings. The molecule has 2 N–H and O–H groups in total. The standard InChI is InChI=1S/C12H14N4O2/c1-9(11-7-14-15-8-11)13-6-10-4-2-3-5-12(10)16(17)18/h2-5,7-9,13H,6H2,1H3,(H,14,15). The van der Waals surface area contributed by atoms with Gasteiger partial charge in [0.2, 0.25) is 0 Å². The van der Waals surface area contributed by atoms with Crippen LogP contribution in [0.2, 0.25) is 0 Å². The molecule has 0 saturated heterocycles. The maximum atomic E-state index is 10.9. The summed E-state index contributed by atoms with van der Waals surface area (Å²) >= 11 is 0. The lowest BCUT2D eigenvalue weighted by atomic mass is 10.1. The molecule has 18 heavy (non-hydrogen) atoms. The lowest BCUT2D eigenvalue weighted by Crippen LogP contribution is -2.18. The summed E-state index contributed by atoms with van der Waals surface area (Å²) < 4.78 is 0. The van der Waals surface area contributed by atoms with E-state index in [0.29, 0.717) is 12.1 Å². The van der Waals surface area contributed by atoms with Gasteiger partial charge in [0.25, 0.3) is 5.69 Å². The van der Waals surface area contributed by atoms with E-state index < -0.39 is 0 Å². The Bertz CT molecular complexity index is 525. The molecule has 0 amide bonds. The lowest BCUT2D eigenvalue weighted by Gasteiger charge is -2.11. The number of nitro benzene ring substituents is 1. The van der Waals surface area contributed by atoms with Gasteiger partial charge in [-0.2, -0.15) is 5.10 Å². The molecule has 0 saturated carbocycles. The summed E-state index contributed by atoms with van der Waals surface area (Å²) in [5.74, 6) is 0. The summed E-state index contributed by atoms with van der Waals surface area (Å²) in [7, 11) is 0. The maximum absolute atomic E-state index is 10.9. The van der Waals surface area contributed by atoms with Crippen LogP contribution in [0.3, 0.4) is 0 Å². The molecule has 0 aliphatic carbocycles. The van der Waals surface area contributed by atoms with Gasteiger partial charge in [0, 0.05) is 36.0 Å². The van der Waals surface area contributed by atoms with Crippen LogP contribution in [0.4, 0.5) is 5.69 Å². The zero-order valence-corrected chi connectivity index (χ0v) is 9.96. The summed E-state index contributed by atoms with van der Waals surface area (Å²) in [5, 5.41) is 20.7. The number of benzene rings is 1. The average molecular weight is 246 g/mol. The second-order valence-corrected chi connectivity index (χ2v) is 4.02. The van der Waals surface area contributed by atoms with E-state index in [2.05, 4.69) is 15.5 Å². The Kier molecular flexibility index (Phi) is 3.69.